The van der Waals surface area contributed by atoms with Crippen LogP contribution in [0, 0.1) is 17.5 Å². The maximum absolute atomic E-state index is 14.0. The molecule has 3 nitrogen and oxygen atoms in total. The van der Waals surface area contributed by atoms with E-state index in [1.54, 1.807) is 6.07 Å². The highest BCUT2D eigenvalue weighted by molar-refractivity contribution is 5.35. The van der Waals surface area contributed by atoms with Crippen molar-refractivity contribution in [3.8, 4) is 5.75 Å². The fourth-order valence-electron chi connectivity index (χ4n) is 2.08. The number of methoxy groups -OCH3 is 1. The van der Waals surface area contributed by atoms with Crippen LogP contribution in [-0.2, 0) is 0 Å². The molecule has 1 N–H and O–H groups in total. The SMILES string of the molecule is CCNC(c1cncc(OC)c1)c1ccc(F)c(F)c1F. The maximum atomic E-state index is 14.0. The van der Waals surface area contributed by atoms with Gasteiger partial charge in [-0.15, -0.1) is 0 Å². The van der Waals surface area contributed by atoms with Crippen molar-refractivity contribution in [2.24, 2.45) is 0 Å². The van der Waals surface area contributed by atoms with Gasteiger partial charge >= 0.3 is 0 Å². The van der Waals surface area contributed by atoms with Crippen LogP contribution in [0.25, 0.3) is 0 Å². The lowest BCUT2D eigenvalue weighted by Crippen LogP contribution is -2.23. The van der Waals surface area contributed by atoms with Crippen molar-refractivity contribution < 1.29 is 17.9 Å². The molecule has 1 unspecified atom stereocenters. The maximum Gasteiger partial charge on any atom is 0.194 e. The number of hydrogen-bond donors (Lipinski definition) is 1. The van der Waals surface area contributed by atoms with Crippen LogP contribution in [0.5, 0.6) is 5.75 Å². The van der Waals surface area contributed by atoms with Crippen LogP contribution in [0.15, 0.2) is 30.6 Å². The molecule has 112 valence electrons. The second-order valence-corrected chi connectivity index (χ2v) is 4.41. The third kappa shape index (κ3) is 3.16. The minimum Gasteiger partial charge on any atom is -0.495 e. The third-order valence-corrected chi connectivity index (χ3v) is 3.09. The van der Waals surface area contributed by atoms with Crippen LogP contribution in [-0.4, -0.2) is 18.6 Å². The highest BCUT2D eigenvalue weighted by Crippen LogP contribution is 2.28. The molecule has 0 aliphatic rings. The molecule has 6 heteroatoms. The molecule has 0 aliphatic heterocycles. The summed E-state index contributed by atoms with van der Waals surface area (Å²) in [6.07, 6.45) is 3.03. The van der Waals surface area contributed by atoms with Crippen molar-refractivity contribution in [3.63, 3.8) is 0 Å². The van der Waals surface area contributed by atoms with Gasteiger partial charge in [-0.3, -0.25) is 4.98 Å². The summed E-state index contributed by atoms with van der Waals surface area (Å²) in [5.74, 6) is -3.40. The Bertz CT molecular complexity index is 634. The molecule has 1 aromatic carbocycles. The topological polar surface area (TPSA) is 34.2 Å². The number of pyridine rings is 1. The number of ether oxygens (including phenoxy) is 1. The van der Waals surface area contributed by atoms with Gasteiger partial charge in [0.15, 0.2) is 17.5 Å². The summed E-state index contributed by atoms with van der Waals surface area (Å²) in [6, 6.07) is 3.15. The van der Waals surface area contributed by atoms with Gasteiger partial charge < -0.3 is 10.1 Å². The first-order valence-electron chi connectivity index (χ1n) is 6.44. The number of hydrogen-bond acceptors (Lipinski definition) is 3. The van der Waals surface area contributed by atoms with Crippen molar-refractivity contribution in [1.29, 1.82) is 0 Å². The number of benzene rings is 1. The van der Waals surface area contributed by atoms with E-state index in [1.807, 2.05) is 6.92 Å². The molecule has 1 atom stereocenters. The van der Waals surface area contributed by atoms with E-state index >= 15 is 0 Å². The molecule has 2 rings (SSSR count). The smallest absolute Gasteiger partial charge is 0.194 e. The number of aromatic nitrogens is 1. The molecule has 0 aliphatic carbocycles. The van der Waals surface area contributed by atoms with Gasteiger partial charge in [0.25, 0.3) is 0 Å². The molecule has 0 saturated heterocycles. The Balaban J connectivity index is 2.50. The van der Waals surface area contributed by atoms with E-state index in [1.165, 1.54) is 25.6 Å². The van der Waals surface area contributed by atoms with Crippen LogP contribution in [0.3, 0.4) is 0 Å². The molecule has 21 heavy (non-hydrogen) atoms. The molecule has 0 saturated carbocycles. The lowest BCUT2D eigenvalue weighted by Gasteiger charge is -2.20. The van der Waals surface area contributed by atoms with Crippen LogP contribution in [0.2, 0.25) is 0 Å². The average molecular weight is 296 g/mol. The molecular weight excluding hydrogens is 281 g/mol. The summed E-state index contributed by atoms with van der Waals surface area (Å²) in [5, 5.41) is 3.03. The molecule has 1 aromatic heterocycles. The predicted molar refractivity (Wildman–Crippen MR) is 72.6 cm³/mol. The Kier molecular flexibility index (Phi) is 4.80. The zero-order valence-electron chi connectivity index (χ0n) is 11.7. The lowest BCUT2D eigenvalue weighted by atomic mass is 9.99. The monoisotopic (exact) mass is 296 g/mol. The Hall–Kier alpha value is -2.08. The highest BCUT2D eigenvalue weighted by atomic mass is 19.2. The standard InChI is InChI=1S/C15H15F3N2O/c1-3-20-15(9-6-10(21-2)8-19-7-9)11-4-5-12(16)14(18)13(11)17/h4-8,15,20H,3H2,1-2H3. The number of rotatable bonds is 5. The van der Waals surface area contributed by atoms with Gasteiger partial charge in [0.1, 0.15) is 5.75 Å². The van der Waals surface area contributed by atoms with E-state index < -0.39 is 23.5 Å². The Morgan fingerprint density at radius 2 is 1.95 bits per heavy atom. The molecule has 1 heterocycles. The normalized spacial score (nSPS) is 12.2. The zero-order valence-corrected chi connectivity index (χ0v) is 11.7. The van der Waals surface area contributed by atoms with Crippen LogP contribution < -0.4 is 10.1 Å². The number of halogens is 3. The average Bonchev–Trinajstić information content (AvgIpc) is 2.51. The van der Waals surface area contributed by atoms with Gasteiger partial charge in [-0.1, -0.05) is 13.0 Å². The summed E-state index contributed by atoms with van der Waals surface area (Å²) in [4.78, 5) is 4.00. The van der Waals surface area contributed by atoms with Crippen molar-refractivity contribution in [1.82, 2.24) is 10.3 Å². The molecule has 0 spiro atoms. The molecule has 0 amide bonds. The van der Waals surface area contributed by atoms with Crippen molar-refractivity contribution >= 4 is 0 Å². The second kappa shape index (κ2) is 6.58. The largest absolute Gasteiger partial charge is 0.495 e. The first-order chi connectivity index (χ1) is 10.1. The molecule has 2 aromatic rings. The zero-order chi connectivity index (χ0) is 15.4. The number of nitrogens with one attached hydrogen (secondary N) is 1. The molecular formula is C15H15F3N2O. The minimum absolute atomic E-state index is 0.0193. The first-order valence-corrected chi connectivity index (χ1v) is 6.44. The summed E-state index contributed by atoms with van der Waals surface area (Å²) in [6.45, 7) is 2.35. The van der Waals surface area contributed by atoms with E-state index in [4.69, 9.17) is 4.74 Å². The summed E-state index contributed by atoms with van der Waals surface area (Å²) < 4.78 is 45.6. The fraction of sp³-hybridized carbons (Fsp3) is 0.267. The third-order valence-electron chi connectivity index (χ3n) is 3.09. The second-order valence-electron chi connectivity index (χ2n) is 4.41. The molecule has 0 radical (unpaired) electrons. The summed E-state index contributed by atoms with van der Waals surface area (Å²) in [5.41, 5.74) is 0.618. The van der Waals surface area contributed by atoms with Gasteiger partial charge in [-0.05, 0) is 24.2 Å². The number of nitrogens with zero attached hydrogens (tertiary/aromatic N) is 1. The van der Waals surface area contributed by atoms with Gasteiger partial charge in [0, 0.05) is 11.8 Å². The van der Waals surface area contributed by atoms with Gasteiger partial charge in [-0.2, -0.15) is 0 Å². The Morgan fingerprint density at radius 3 is 2.62 bits per heavy atom. The molecule has 0 bridgehead atoms. The van der Waals surface area contributed by atoms with E-state index in [0.717, 1.165) is 6.07 Å². The van der Waals surface area contributed by atoms with Gasteiger partial charge in [0.2, 0.25) is 0 Å². The fourth-order valence-corrected chi connectivity index (χ4v) is 2.08. The summed E-state index contributed by atoms with van der Waals surface area (Å²) in [7, 11) is 1.49. The van der Waals surface area contributed by atoms with Crippen molar-refractivity contribution in [2.45, 2.75) is 13.0 Å². The van der Waals surface area contributed by atoms with Crippen LogP contribution in [0.4, 0.5) is 13.2 Å². The lowest BCUT2D eigenvalue weighted by molar-refractivity contribution is 0.410. The van der Waals surface area contributed by atoms with Crippen LogP contribution >= 0.6 is 0 Å². The van der Waals surface area contributed by atoms with Crippen molar-refractivity contribution in [3.05, 3.63) is 59.2 Å². The summed E-state index contributed by atoms with van der Waals surface area (Å²) >= 11 is 0. The Labute approximate surface area is 120 Å². The van der Waals surface area contributed by atoms with E-state index in [-0.39, 0.29) is 5.56 Å². The predicted octanol–water partition coefficient (Wildman–Crippen LogP) is 3.21. The van der Waals surface area contributed by atoms with Crippen molar-refractivity contribution in [2.75, 3.05) is 13.7 Å². The first kappa shape index (κ1) is 15.3. The van der Waals surface area contributed by atoms with Gasteiger partial charge in [-0.25, -0.2) is 13.2 Å². The quantitative estimate of drug-likeness (QED) is 0.860. The van der Waals surface area contributed by atoms with E-state index in [2.05, 4.69) is 10.3 Å². The van der Waals surface area contributed by atoms with E-state index in [0.29, 0.717) is 17.9 Å². The van der Waals surface area contributed by atoms with E-state index in [9.17, 15) is 13.2 Å². The molecule has 0 fully saturated rings. The van der Waals surface area contributed by atoms with Crippen LogP contribution in [0.1, 0.15) is 24.1 Å². The Morgan fingerprint density at radius 1 is 1.19 bits per heavy atom. The highest BCUT2D eigenvalue weighted by Gasteiger charge is 2.22. The van der Waals surface area contributed by atoms with Gasteiger partial charge in [0.05, 0.1) is 19.3 Å². The minimum atomic E-state index is -1.48.